The normalized spacial score (nSPS) is 23.1. The van der Waals surface area contributed by atoms with Crippen LogP contribution in [0, 0.1) is 34.8 Å². The van der Waals surface area contributed by atoms with Crippen LogP contribution in [0.5, 0.6) is 0 Å². The van der Waals surface area contributed by atoms with E-state index in [1.54, 1.807) is 31.7 Å². The number of nitriles is 1. The standard InChI is InChI=1S/C33H40F2N4O5S/c1-33(2,3)44-32(41)39-26-9-7-25(17-26)31(39)29(40)16-21(20-36)15-24-6-5-22(18-28(24)35)23-8-10-27(34)30(19-23)45(42,43)38-13-11-37(4)12-14-38/h5-6,8,10,18-19,21,25-26,31H,7,9,11-17H2,1-4H3/t21-,25+,26-,31+/m1/s1. The highest BCUT2D eigenvalue weighted by Gasteiger charge is 2.52. The lowest BCUT2D eigenvalue weighted by Crippen LogP contribution is -2.51. The SMILES string of the molecule is CN1CCN(S(=O)(=O)c2cc(-c3ccc(C[C@@H](C#N)CC(=O)[C@@H]4[C@H]5CC[C@H](C5)N4C(=O)OC(C)(C)C)c(F)c3)ccc2F)CC1. The van der Waals surface area contributed by atoms with Crippen molar-refractivity contribution in [3.63, 3.8) is 0 Å². The molecule has 2 aliphatic heterocycles. The molecule has 2 heterocycles. The van der Waals surface area contributed by atoms with Crippen LogP contribution in [0.15, 0.2) is 41.3 Å². The van der Waals surface area contributed by atoms with Crippen molar-refractivity contribution in [2.24, 2.45) is 11.8 Å². The number of carbonyl (C=O) groups is 2. The zero-order valence-corrected chi connectivity index (χ0v) is 26.9. The quantitative estimate of drug-likeness (QED) is 0.399. The Morgan fingerprint density at radius 3 is 2.33 bits per heavy atom. The molecule has 1 aliphatic carbocycles. The van der Waals surface area contributed by atoms with E-state index in [9.17, 15) is 27.7 Å². The molecule has 0 aromatic heterocycles. The molecule has 242 valence electrons. The number of amides is 1. The number of likely N-dealkylation sites (N-methyl/N-ethyl adjacent to an activating group) is 1. The van der Waals surface area contributed by atoms with E-state index in [2.05, 4.69) is 6.07 Å². The number of fused-ring (bicyclic) bond motifs is 2. The zero-order valence-electron chi connectivity index (χ0n) is 26.1. The Labute approximate surface area is 263 Å². The number of piperazine rings is 1. The number of rotatable bonds is 8. The van der Waals surface area contributed by atoms with Crippen LogP contribution in [-0.2, 0) is 26.0 Å². The largest absolute Gasteiger partial charge is 0.444 e. The van der Waals surface area contributed by atoms with E-state index in [4.69, 9.17) is 4.74 Å². The molecule has 1 saturated carbocycles. The number of carbonyl (C=O) groups excluding carboxylic acids is 2. The second-order valence-corrected chi connectivity index (χ2v) is 15.3. The molecule has 9 nitrogen and oxygen atoms in total. The van der Waals surface area contributed by atoms with Crippen molar-refractivity contribution in [1.82, 2.24) is 14.1 Å². The maximum atomic E-state index is 15.4. The Balaban J connectivity index is 1.29. The third-order valence-corrected chi connectivity index (χ3v) is 10.9. The summed E-state index contributed by atoms with van der Waals surface area (Å²) in [4.78, 5) is 29.5. The molecule has 3 aliphatic rings. The second-order valence-electron chi connectivity index (χ2n) is 13.4. The predicted octanol–water partition coefficient (Wildman–Crippen LogP) is 5.00. The first-order valence-electron chi connectivity index (χ1n) is 15.4. The zero-order chi connectivity index (χ0) is 32.7. The van der Waals surface area contributed by atoms with Crippen LogP contribution in [0.3, 0.4) is 0 Å². The highest BCUT2D eigenvalue weighted by molar-refractivity contribution is 7.89. The molecule has 0 N–H and O–H groups in total. The molecule has 2 bridgehead atoms. The minimum atomic E-state index is -4.09. The smallest absolute Gasteiger partial charge is 0.411 e. The van der Waals surface area contributed by atoms with Crippen molar-refractivity contribution < 1.29 is 31.5 Å². The second kappa shape index (κ2) is 12.8. The molecular weight excluding hydrogens is 602 g/mol. The summed E-state index contributed by atoms with van der Waals surface area (Å²) in [6, 6.07) is 9.42. The number of hydrogen-bond donors (Lipinski definition) is 0. The Hall–Kier alpha value is -3.40. The summed E-state index contributed by atoms with van der Waals surface area (Å²) in [7, 11) is -2.20. The minimum absolute atomic E-state index is 0.0195. The molecule has 0 radical (unpaired) electrons. The Morgan fingerprint density at radius 2 is 1.69 bits per heavy atom. The van der Waals surface area contributed by atoms with Gasteiger partial charge < -0.3 is 9.64 Å². The Kier molecular flexibility index (Phi) is 9.36. The van der Waals surface area contributed by atoms with Crippen molar-refractivity contribution in [3.8, 4) is 17.2 Å². The van der Waals surface area contributed by atoms with Gasteiger partial charge in [-0.15, -0.1) is 0 Å². The van der Waals surface area contributed by atoms with Crippen molar-refractivity contribution in [1.29, 1.82) is 5.26 Å². The van der Waals surface area contributed by atoms with Gasteiger partial charge in [0.25, 0.3) is 0 Å². The van der Waals surface area contributed by atoms with E-state index in [0.717, 1.165) is 25.3 Å². The third kappa shape index (κ3) is 7.05. The molecule has 0 unspecified atom stereocenters. The van der Waals surface area contributed by atoms with Gasteiger partial charge in [-0.3, -0.25) is 9.69 Å². The number of piperidine rings is 1. The first-order valence-corrected chi connectivity index (χ1v) is 16.8. The van der Waals surface area contributed by atoms with Crippen LogP contribution in [0.2, 0.25) is 0 Å². The molecule has 0 spiro atoms. The molecule has 2 saturated heterocycles. The molecule has 5 rings (SSSR count). The monoisotopic (exact) mass is 642 g/mol. The maximum Gasteiger partial charge on any atom is 0.411 e. The first-order chi connectivity index (χ1) is 21.2. The van der Waals surface area contributed by atoms with Gasteiger partial charge in [-0.1, -0.05) is 18.2 Å². The molecule has 4 atom stereocenters. The predicted molar refractivity (Wildman–Crippen MR) is 163 cm³/mol. The molecule has 12 heteroatoms. The molecule has 3 fully saturated rings. The molecular formula is C33H40F2N4O5S. The fourth-order valence-electron chi connectivity index (χ4n) is 6.71. The summed E-state index contributed by atoms with van der Waals surface area (Å²) in [5.74, 6) is -2.52. The van der Waals surface area contributed by atoms with E-state index >= 15 is 4.39 Å². The van der Waals surface area contributed by atoms with Gasteiger partial charge in [0.2, 0.25) is 10.0 Å². The van der Waals surface area contributed by atoms with Gasteiger partial charge in [-0.05, 0) is 94.3 Å². The number of halogens is 2. The Bertz CT molecular complexity index is 1610. The van der Waals surface area contributed by atoms with Gasteiger partial charge in [0, 0.05) is 38.6 Å². The number of ether oxygens (including phenoxy) is 1. The average molecular weight is 643 g/mol. The van der Waals surface area contributed by atoms with Crippen molar-refractivity contribution in [2.75, 3.05) is 33.2 Å². The van der Waals surface area contributed by atoms with Gasteiger partial charge in [0.15, 0.2) is 5.78 Å². The summed E-state index contributed by atoms with van der Waals surface area (Å²) < 4.78 is 63.4. The number of nitrogens with zero attached hydrogens (tertiary/aromatic N) is 4. The van der Waals surface area contributed by atoms with E-state index in [-0.39, 0.29) is 49.2 Å². The summed E-state index contributed by atoms with van der Waals surface area (Å²) in [5, 5.41) is 9.89. The fraction of sp³-hybridized carbons (Fsp3) is 0.545. The van der Waals surface area contributed by atoms with Crippen LogP contribution < -0.4 is 0 Å². The lowest BCUT2D eigenvalue weighted by molar-refractivity contribution is -0.126. The van der Waals surface area contributed by atoms with Crippen LogP contribution in [0.25, 0.3) is 11.1 Å². The van der Waals surface area contributed by atoms with Crippen molar-refractivity contribution in [3.05, 3.63) is 53.6 Å². The molecule has 2 aromatic carbocycles. The number of likely N-dealkylation sites (tertiary alicyclic amines) is 1. The van der Waals surface area contributed by atoms with E-state index in [1.165, 1.54) is 28.6 Å². The number of sulfonamides is 1. The number of Topliss-reactive ketones (excluding diaryl/α,β-unsaturated/α-hetero) is 1. The maximum absolute atomic E-state index is 15.4. The van der Waals surface area contributed by atoms with Gasteiger partial charge >= 0.3 is 6.09 Å². The Morgan fingerprint density at radius 1 is 1.02 bits per heavy atom. The summed E-state index contributed by atoms with van der Waals surface area (Å²) in [6.45, 7) is 6.87. The highest BCUT2D eigenvalue weighted by atomic mass is 32.2. The van der Waals surface area contributed by atoms with Gasteiger partial charge in [0.1, 0.15) is 22.1 Å². The van der Waals surface area contributed by atoms with Crippen LogP contribution in [-0.4, -0.2) is 85.3 Å². The van der Waals surface area contributed by atoms with Crippen LogP contribution in [0.1, 0.15) is 52.0 Å². The fourth-order valence-corrected chi connectivity index (χ4v) is 8.23. The van der Waals surface area contributed by atoms with Gasteiger partial charge in [-0.2, -0.15) is 9.57 Å². The van der Waals surface area contributed by atoms with Crippen LogP contribution in [0.4, 0.5) is 13.6 Å². The summed E-state index contributed by atoms with van der Waals surface area (Å²) in [5.41, 5.74) is 0.202. The van der Waals surface area contributed by atoms with E-state index in [0.29, 0.717) is 24.2 Å². The van der Waals surface area contributed by atoms with E-state index < -0.39 is 50.2 Å². The average Bonchev–Trinajstić information content (AvgIpc) is 3.59. The summed E-state index contributed by atoms with van der Waals surface area (Å²) >= 11 is 0. The molecule has 2 aromatic rings. The number of ketones is 1. The van der Waals surface area contributed by atoms with Gasteiger partial charge in [-0.25, -0.2) is 22.0 Å². The minimum Gasteiger partial charge on any atom is -0.444 e. The van der Waals surface area contributed by atoms with E-state index in [1.807, 2.05) is 11.9 Å². The molecule has 1 amide bonds. The summed E-state index contributed by atoms with van der Waals surface area (Å²) in [6.07, 6.45) is 1.69. The van der Waals surface area contributed by atoms with Crippen molar-refractivity contribution in [2.45, 2.75) is 75.5 Å². The number of benzene rings is 2. The lowest BCUT2D eigenvalue weighted by atomic mass is 9.87. The topological polar surface area (TPSA) is 111 Å². The highest BCUT2D eigenvalue weighted by Crippen LogP contribution is 2.44. The lowest BCUT2D eigenvalue weighted by Gasteiger charge is -2.35. The number of hydrogen-bond acceptors (Lipinski definition) is 7. The van der Waals surface area contributed by atoms with Crippen LogP contribution >= 0.6 is 0 Å². The van der Waals surface area contributed by atoms with Gasteiger partial charge in [0.05, 0.1) is 18.0 Å². The third-order valence-electron chi connectivity index (χ3n) is 9.01. The molecule has 45 heavy (non-hydrogen) atoms. The van der Waals surface area contributed by atoms with Crippen molar-refractivity contribution >= 4 is 21.9 Å². The first kappa shape index (κ1) is 33.0.